The number of rotatable bonds is 5. The molecule has 1 spiro atoms. The van der Waals surface area contributed by atoms with Crippen LogP contribution in [0.4, 0.5) is 0 Å². The smallest absolute Gasteiger partial charge is 0.313 e. The van der Waals surface area contributed by atoms with E-state index in [1.54, 1.807) is 0 Å². The minimum atomic E-state index is -0.646. The van der Waals surface area contributed by atoms with Gasteiger partial charge in [0, 0.05) is 6.54 Å². The molecule has 2 fully saturated rings. The van der Waals surface area contributed by atoms with E-state index in [2.05, 4.69) is 13.8 Å². The van der Waals surface area contributed by atoms with Crippen LogP contribution in [-0.2, 0) is 25.7 Å². The number of ether oxygens (including phenoxy) is 2. The quantitative estimate of drug-likeness (QED) is 0.608. The molecule has 3 aliphatic heterocycles. The summed E-state index contributed by atoms with van der Waals surface area (Å²) in [6, 6.07) is 9.57. The number of carbonyl (C=O) groups excluding carboxylic acids is 2. The third-order valence-corrected chi connectivity index (χ3v) is 5.26. The average molecular weight is 341 g/mol. The zero-order chi connectivity index (χ0) is 17.6. The number of nitrogens with zero attached hydrogens (tertiary/aromatic N) is 1. The molecule has 0 N–H and O–H groups in total. The SMILES string of the molecule is CC(C)CN1C[C@@]23C=C[C@H](O2)[C@H](C(=O)OCc2ccccc2)[C@H]3C1=O. The highest BCUT2D eigenvalue weighted by atomic mass is 16.6. The number of fused-ring (bicyclic) bond motifs is 1. The molecular weight excluding hydrogens is 318 g/mol. The van der Waals surface area contributed by atoms with Crippen molar-refractivity contribution in [1.82, 2.24) is 4.90 Å². The molecule has 0 saturated carbocycles. The molecule has 4 rings (SSSR count). The van der Waals surface area contributed by atoms with Crippen LogP contribution in [0.1, 0.15) is 19.4 Å². The maximum absolute atomic E-state index is 12.9. The fourth-order valence-electron chi connectivity index (χ4n) is 4.27. The first-order valence-electron chi connectivity index (χ1n) is 8.87. The third kappa shape index (κ3) is 2.67. The average Bonchev–Trinajstić information content (AvgIpc) is 3.22. The van der Waals surface area contributed by atoms with E-state index < -0.39 is 17.4 Å². The summed E-state index contributed by atoms with van der Waals surface area (Å²) in [5, 5.41) is 0. The number of amides is 1. The molecule has 1 aromatic rings. The summed E-state index contributed by atoms with van der Waals surface area (Å²) in [4.78, 5) is 27.4. The normalized spacial score (nSPS) is 32.5. The van der Waals surface area contributed by atoms with E-state index in [9.17, 15) is 9.59 Å². The number of hydrogen-bond acceptors (Lipinski definition) is 4. The van der Waals surface area contributed by atoms with Gasteiger partial charge in [-0.1, -0.05) is 56.3 Å². The summed E-state index contributed by atoms with van der Waals surface area (Å²) < 4.78 is 11.6. The van der Waals surface area contributed by atoms with Gasteiger partial charge in [-0.2, -0.15) is 0 Å². The lowest BCUT2D eigenvalue weighted by atomic mass is 9.77. The van der Waals surface area contributed by atoms with Gasteiger partial charge in [0.05, 0.1) is 18.6 Å². The molecule has 4 atom stereocenters. The second-order valence-electron chi connectivity index (χ2n) is 7.61. The molecule has 2 bridgehead atoms. The topological polar surface area (TPSA) is 55.8 Å². The molecule has 5 heteroatoms. The molecule has 3 heterocycles. The molecule has 132 valence electrons. The summed E-state index contributed by atoms with van der Waals surface area (Å²) in [5.41, 5.74) is 0.289. The molecule has 0 aromatic heterocycles. The molecule has 1 aromatic carbocycles. The summed E-state index contributed by atoms with van der Waals surface area (Å²) in [6.07, 6.45) is 3.54. The number of likely N-dealkylation sites (tertiary alicyclic amines) is 1. The Balaban J connectivity index is 1.50. The van der Waals surface area contributed by atoms with Crippen molar-refractivity contribution >= 4 is 11.9 Å². The van der Waals surface area contributed by atoms with Crippen LogP contribution in [0.5, 0.6) is 0 Å². The van der Waals surface area contributed by atoms with Gasteiger partial charge in [-0.15, -0.1) is 0 Å². The Bertz CT molecular complexity index is 714. The molecule has 0 unspecified atom stereocenters. The van der Waals surface area contributed by atoms with E-state index in [4.69, 9.17) is 9.47 Å². The first-order chi connectivity index (χ1) is 12.0. The van der Waals surface area contributed by atoms with Gasteiger partial charge in [0.15, 0.2) is 0 Å². The Hall–Kier alpha value is -2.14. The molecule has 25 heavy (non-hydrogen) atoms. The lowest BCUT2D eigenvalue weighted by Gasteiger charge is -2.23. The number of esters is 1. The van der Waals surface area contributed by atoms with E-state index >= 15 is 0 Å². The van der Waals surface area contributed by atoms with Gasteiger partial charge < -0.3 is 14.4 Å². The maximum atomic E-state index is 12.9. The zero-order valence-corrected chi connectivity index (χ0v) is 14.6. The highest BCUT2D eigenvalue weighted by Gasteiger charge is 2.67. The first-order valence-corrected chi connectivity index (χ1v) is 8.87. The van der Waals surface area contributed by atoms with E-state index in [0.29, 0.717) is 19.0 Å². The minimum absolute atomic E-state index is 0.0159. The largest absolute Gasteiger partial charge is 0.460 e. The third-order valence-electron chi connectivity index (χ3n) is 5.26. The van der Waals surface area contributed by atoms with Crippen LogP contribution < -0.4 is 0 Å². The van der Waals surface area contributed by atoms with Crippen molar-refractivity contribution in [3.8, 4) is 0 Å². The standard InChI is InChI=1S/C20H23NO4/c1-13(2)10-21-12-20-9-8-15(25-20)16(17(20)18(21)22)19(23)24-11-14-6-4-3-5-7-14/h3-9,13,15-17H,10-12H2,1-2H3/t15-,16-,17-,20+/m0/s1. The summed E-state index contributed by atoms with van der Waals surface area (Å²) in [6.45, 7) is 5.60. The Morgan fingerprint density at radius 1 is 1.36 bits per heavy atom. The predicted molar refractivity (Wildman–Crippen MR) is 91.4 cm³/mol. The number of benzene rings is 1. The van der Waals surface area contributed by atoms with E-state index in [0.717, 1.165) is 5.56 Å². The van der Waals surface area contributed by atoms with Gasteiger partial charge in [0.1, 0.15) is 18.1 Å². The Morgan fingerprint density at radius 2 is 2.12 bits per heavy atom. The summed E-state index contributed by atoms with van der Waals surface area (Å²) >= 11 is 0. The summed E-state index contributed by atoms with van der Waals surface area (Å²) in [5.74, 6) is -0.946. The predicted octanol–water partition coefficient (Wildman–Crippen LogP) is 2.17. The van der Waals surface area contributed by atoms with E-state index in [1.807, 2.05) is 47.4 Å². The second-order valence-corrected chi connectivity index (χ2v) is 7.61. The van der Waals surface area contributed by atoms with Gasteiger partial charge in [0.25, 0.3) is 0 Å². The van der Waals surface area contributed by atoms with Crippen LogP contribution in [-0.4, -0.2) is 41.6 Å². The van der Waals surface area contributed by atoms with Gasteiger partial charge in [-0.25, -0.2) is 0 Å². The summed E-state index contributed by atoms with van der Waals surface area (Å²) in [7, 11) is 0. The monoisotopic (exact) mass is 341 g/mol. The second kappa shape index (κ2) is 5.99. The van der Waals surface area contributed by atoms with Crippen LogP contribution >= 0.6 is 0 Å². The van der Waals surface area contributed by atoms with Gasteiger partial charge in [-0.3, -0.25) is 9.59 Å². The van der Waals surface area contributed by atoms with Crippen molar-refractivity contribution in [3.05, 3.63) is 48.0 Å². The van der Waals surface area contributed by atoms with Crippen molar-refractivity contribution in [2.45, 2.75) is 32.2 Å². The molecule has 5 nitrogen and oxygen atoms in total. The van der Waals surface area contributed by atoms with Crippen LogP contribution in [0, 0.1) is 17.8 Å². The van der Waals surface area contributed by atoms with Crippen LogP contribution in [0.2, 0.25) is 0 Å². The molecule has 0 radical (unpaired) electrons. The Kier molecular flexibility index (Phi) is 3.91. The van der Waals surface area contributed by atoms with Gasteiger partial charge in [-0.05, 0) is 11.5 Å². The molecule has 3 aliphatic rings. The fourth-order valence-corrected chi connectivity index (χ4v) is 4.27. The van der Waals surface area contributed by atoms with E-state index in [-0.39, 0.29) is 24.6 Å². The highest BCUT2D eigenvalue weighted by Crippen LogP contribution is 2.52. The molecular formula is C20H23NO4. The van der Waals surface area contributed by atoms with Crippen LogP contribution in [0.15, 0.2) is 42.5 Å². The molecule has 1 amide bonds. The van der Waals surface area contributed by atoms with Gasteiger partial charge >= 0.3 is 5.97 Å². The Labute approximate surface area is 147 Å². The highest BCUT2D eigenvalue weighted by molar-refractivity contribution is 5.91. The fraction of sp³-hybridized carbons (Fsp3) is 0.500. The van der Waals surface area contributed by atoms with Gasteiger partial charge in [0.2, 0.25) is 5.91 Å². The first kappa shape index (κ1) is 16.3. The lowest BCUT2D eigenvalue weighted by Crippen LogP contribution is -2.40. The van der Waals surface area contributed by atoms with Crippen molar-refractivity contribution in [2.24, 2.45) is 17.8 Å². The molecule has 0 aliphatic carbocycles. The van der Waals surface area contributed by atoms with Crippen LogP contribution in [0.25, 0.3) is 0 Å². The van der Waals surface area contributed by atoms with Crippen molar-refractivity contribution in [3.63, 3.8) is 0 Å². The Morgan fingerprint density at radius 3 is 2.84 bits per heavy atom. The van der Waals surface area contributed by atoms with E-state index in [1.165, 1.54) is 0 Å². The maximum Gasteiger partial charge on any atom is 0.313 e. The van der Waals surface area contributed by atoms with Crippen LogP contribution in [0.3, 0.4) is 0 Å². The zero-order valence-electron chi connectivity index (χ0n) is 14.6. The number of hydrogen-bond donors (Lipinski definition) is 0. The molecule has 2 saturated heterocycles. The van der Waals surface area contributed by atoms with Crippen molar-refractivity contribution < 1.29 is 19.1 Å². The van der Waals surface area contributed by atoms with Crippen molar-refractivity contribution in [2.75, 3.05) is 13.1 Å². The minimum Gasteiger partial charge on any atom is -0.460 e. The van der Waals surface area contributed by atoms with Crippen molar-refractivity contribution in [1.29, 1.82) is 0 Å². The lowest BCUT2D eigenvalue weighted by molar-refractivity contribution is -0.155. The number of carbonyl (C=O) groups is 2.